The van der Waals surface area contributed by atoms with E-state index in [4.69, 9.17) is 4.74 Å². The molecule has 0 atom stereocenters. The van der Waals surface area contributed by atoms with Crippen molar-refractivity contribution in [1.29, 1.82) is 0 Å². The molecule has 0 aliphatic carbocycles. The molecule has 1 saturated heterocycles. The number of piperidine rings is 1. The van der Waals surface area contributed by atoms with Gasteiger partial charge in [0.15, 0.2) is 0 Å². The van der Waals surface area contributed by atoms with Crippen molar-refractivity contribution in [2.75, 3.05) is 26.2 Å². The number of carbonyl (C=O) groups excluding carboxylic acids is 1. The van der Waals surface area contributed by atoms with Crippen LogP contribution in [0, 0.1) is 11.7 Å². The summed E-state index contributed by atoms with van der Waals surface area (Å²) in [7, 11) is 0. The number of hydrogen-bond acceptors (Lipinski definition) is 3. The molecule has 1 amide bonds. The first-order chi connectivity index (χ1) is 14.5. The lowest BCUT2D eigenvalue weighted by atomic mass is 10.0. The van der Waals surface area contributed by atoms with Gasteiger partial charge in [-0.3, -0.25) is 4.79 Å². The van der Waals surface area contributed by atoms with Crippen LogP contribution < -0.4 is 10.1 Å². The quantitative estimate of drug-likeness (QED) is 0.670. The Labute approximate surface area is 179 Å². The van der Waals surface area contributed by atoms with Gasteiger partial charge in [-0.15, -0.1) is 0 Å². The van der Waals surface area contributed by atoms with E-state index in [1.54, 1.807) is 12.1 Å². The second kappa shape index (κ2) is 11.1. The zero-order valence-corrected chi connectivity index (χ0v) is 18.1. The minimum Gasteiger partial charge on any atom is -0.493 e. The van der Waals surface area contributed by atoms with Crippen LogP contribution in [0.5, 0.6) is 5.75 Å². The summed E-state index contributed by atoms with van der Waals surface area (Å²) in [6.45, 7) is 7.46. The van der Waals surface area contributed by atoms with E-state index in [1.807, 2.05) is 29.2 Å². The summed E-state index contributed by atoms with van der Waals surface area (Å²) < 4.78 is 18.9. The van der Waals surface area contributed by atoms with E-state index in [-0.39, 0.29) is 17.8 Å². The topological polar surface area (TPSA) is 41.6 Å². The van der Waals surface area contributed by atoms with Gasteiger partial charge in [-0.05, 0) is 73.7 Å². The maximum Gasteiger partial charge on any atom is 0.227 e. The van der Waals surface area contributed by atoms with Gasteiger partial charge in [0.25, 0.3) is 0 Å². The summed E-state index contributed by atoms with van der Waals surface area (Å²) in [5.74, 6) is 1.24. The van der Waals surface area contributed by atoms with Gasteiger partial charge in [0.05, 0.1) is 13.0 Å². The molecule has 3 rings (SSSR count). The predicted molar refractivity (Wildman–Crippen MR) is 118 cm³/mol. The number of nitrogens with one attached hydrogen (secondary N) is 1. The Kier molecular flexibility index (Phi) is 8.26. The molecule has 0 unspecified atom stereocenters. The second-order valence-electron chi connectivity index (χ2n) is 8.47. The third-order valence-corrected chi connectivity index (χ3v) is 5.49. The average molecular weight is 413 g/mol. The molecule has 1 fully saturated rings. The number of ether oxygens (including phenoxy) is 1. The van der Waals surface area contributed by atoms with E-state index in [2.05, 4.69) is 19.2 Å². The van der Waals surface area contributed by atoms with Crippen LogP contribution in [-0.2, 0) is 17.6 Å². The van der Waals surface area contributed by atoms with Crippen molar-refractivity contribution in [3.63, 3.8) is 0 Å². The van der Waals surface area contributed by atoms with Crippen LogP contribution in [0.2, 0.25) is 0 Å². The van der Waals surface area contributed by atoms with Crippen molar-refractivity contribution in [2.24, 2.45) is 5.92 Å². The van der Waals surface area contributed by atoms with Gasteiger partial charge >= 0.3 is 0 Å². The molecule has 0 radical (unpaired) electrons. The maximum atomic E-state index is 13.2. The van der Waals surface area contributed by atoms with Crippen molar-refractivity contribution >= 4 is 5.91 Å². The highest BCUT2D eigenvalue weighted by molar-refractivity contribution is 5.79. The molecule has 0 aromatic heterocycles. The average Bonchev–Trinajstić information content (AvgIpc) is 2.75. The molecular weight excluding hydrogens is 379 g/mol. The Balaban J connectivity index is 1.62. The molecule has 5 heteroatoms. The summed E-state index contributed by atoms with van der Waals surface area (Å²) in [5.41, 5.74) is 2.05. The van der Waals surface area contributed by atoms with E-state index < -0.39 is 0 Å². The van der Waals surface area contributed by atoms with Crippen molar-refractivity contribution in [1.82, 2.24) is 10.2 Å². The zero-order chi connectivity index (χ0) is 21.3. The number of rotatable bonds is 9. The van der Waals surface area contributed by atoms with Crippen molar-refractivity contribution in [3.8, 4) is 5.75 Å². The van der Waals surface area contributed by atoms with Crippen LogP contribution in [0.4, 0.5) is 4.39 Å². The zero-order valence-electron chi connectivity index (χ0n) is 18.1. The first-order valence-electron chi connectivity index (χ1n) is 11.0. The summed E-state index contributed by atoms with van der Waals surface area (Å²) in [5, 5.41) is 3.37. The van der Waals surface area contributed by atoms with Crippen LogP contribution in [0.3, 0.4) is 0 Å². The summed E-state index contributed by atoms with van der Waals surface area (Å²) in [4.78, 5) is 15.2. The molecule has 0 saturated carbocycles. The lowest BCUT2D eigenvalue weighted by Crippen LogP contribution is -2.47. The molecule has 0 spiro atoms. The van der Waals surface area contributed by atoms with Crippen LogP contribution >= 0.6 is 0 Å². The Morgan fingerprint density at radius 1 is 1.07 bits per heavy atom. The molecule has 30 heavy (non-hydrogen) atoms. The molecule has 4 nitrogen and oxygen atoms in total. The SMILES string of the molecule is CC(C)COc1ccc(CC(=O)N(CCc2ccc(F)cc2)C2CCNCC2)cc1. The van der Waals surface area contributed by atoms with Gasteiger partial charge in [-0.1, -0.05) is 38.1 Å². The predicted octanol–water partition coefficient (Wildman–Crippen LogP) is 4.23. The van der Waals surface area contributed by atoms with Crippen LogP contribution in [0.25, 0.3) is 0 Å². The van der Waals surface area contributed by atoms with Crippen molar-refractivity contribution in [2.45, 2.75) is 45.6 Å². The second-order valence-corrected chi connectivity index (χ2v) is 8.47. The van der Waals surface area contributed by atoms with Crippen molar-refractivity contribution < 1.29 is 13.9 Å². The Bertz CT molecular complexity index is 784. The molecule has 2 aromatic carbocycles. The number of benzene rings is 2. The van der Waals surface area contributed by atoms with Gasteiger partial charge in [0, 0.05) is 12.6 Å². The molecule has 1 aliphatic rings. The largest absolute Gasteiger partial charge is 0.493 e. The van der Waals surface area contributed by atoms with E-state index >= 15 is 0 Å². The monoisotopic (exact) mass is 412 g/mol. The standard InChI is InChI=1S/C25H33FN2O2/c1-19(2)18-30-24-9-5-21(6-10-24)17-25(29)28(23-11-14-27-15-12-23)16-13-20-3-7-22(26)8-4-20/h3-10,19,23,27H,11-18H2,1-2H3. The molecule has 1 aliphatic heterocycles. The minimum atomic E-state index is -0.231. The van der Waals surface area contributed by atoms with Gasteiger partial charge in [0.2, 0.25) is 5.91 Å². The third-order valence-electron chi connectivity index (χ3n) is 5.49. The molecule has 2 aromatic rings. The lowest BCUT2D eigenvalue weighted by Gasteiger charge is -2.35. The minimum absolute atomic E-state index is 0.153. The fraction of sp³-hybridized carbons (Fsp3) is 0.480. The summed E-state index contributed by atoms with van der Waals surface area (Å²) >= 11 is 0. The van der Waals surface area contributed by atoms with Crippen LogP contribution in [-0.4, -0.2) is 43.1 Å². The van der Waals surface area contributed by atoms with E-state index in [0.29, 0.717) is 25.5 Å². The first-order valence-corrected chi connectivity index (χ1v) is 11.0. The normalized spacial score (nSPS) is 14.7. The summed E-state index contributed by atoms with van der Waals surface area (Å²) in [6.07, 6.45) is 3.06. The van der Waals surface area contributed by atoms with Crippen LogP contribution in [0.15, 0.2) is 48.5 Å². The number of amides is 1. The number of carbonyl (C=O) groups is 1. The highest BCUT2D eigenvalue weighted by atomic mass is 19.1. The highest BCUT2D eigenvalue weighted by Gasteiger charge is 2.25. The molecule has 1 N–H and O–H groups in total. The van der Waals surface area contributed by atoms with Crippen molar-refractivity contribution in [3.05, 3.63) is 65.5 Å². The first kappa shape index (κ1) is 22.3. The Morgan fingerprint density at radius 3 is 2.33 bits per heavy atom. The number of hydrogen-bond donors (Lipinski definition) is 1. The molecule has 0 bridgehead atoms. The maximum absolute atomic E-state index is 13.2. The molecular formula is C25H33FN2O2. The Hall–Kier alpha value is -2.40. The molecule has 162 valence electrons. The fourth-order valence-electron chi connectivity index (χ4n) is 3.77. The van der Waals surface area contributed by atoms with Gasteiger partial charge < -0.3 is 15.0 Å². The summed E-state index contributed by atoms with van der Waals surface area (Å²) in [6, 6.07) is 14.7. The molecule has 1 heterocycles. The van der Waals surface area contributed by atoms with E-state index in [0.717, 1.165) is 49.2 Å². The number of nitrogens with zero attached hydrogens (tertiary/aromatic N) is 1. The number of halogens is 1. The van der Waals surface area contributed by atoms with E-state index in [9.17, 15) is 9.18 Å². The lowest BCUT2D eigenvalue weighted by molar-refractivity contribution is -0.133. The van der Waals surface area contributed by atoms with Gasteiger partial charge in [0.1, 0.15) is 11.6 Å². The highest BCUT2D eigenvalue weighted by Crippen LogP contribution is 2.18. The Morgan fingerprint density at radius 2 is 1.70 bits per heavy atom. The smallest absolute Gasteiger partial charge is 0.227 e. The third kappa shape index (κ3) is 6.84. The van der Waals surface area contributed by atoms with Crippen LogP contribution in [0.1, 0.15) is 37.8 Å². The van der Waals surface area contributed by atoms with E-state index in [1.165, 1.54) is 12.1 Å². The van der Waals surface area contributed by atoms with Gasteiger partial charge in [-0.25, -0.2) is 4.39 Å². The fourth-order valence-corrected chi connectivity index (χ4v) is 3.77. The van der Waals surface area contributed by atoms with Gasteiger partial charge in [-0.2, -0.15) is 0 Å².